The van der Waals surface area contributed by atoms with E-state index in [0.29, 0.717) is 5.56 Å². The molecule has 1 aliphatic carbocycles. The van der Waals surface area contributed by atoms with Crippen molar-refractivity contribution in [2.45, 2.75) is 46.5 Å². The van der Waals surface area contributed by atoms with Crippen molar-refractivity contribution in [2.75, 3.05) is 0 Å². The predicted octanol–water partition coefficient (Wildman–Crippen LogP) is 6.40. The number of hydrogen-bond donors (Lipinski definition) is 1. The van der Waals surface area contributed by atoms with Gasteiger partial charge in [0.25, 0.3) is 0 Å². The van der Waals surface area contributed by atoms with Gasteiger partial charge in [-0.15, -0.1) is 11.3 Å². The SMILES string of the molecule is Cc1cc(N=Cc2cc(C)n(-c3sc4c(c3C(=O)O)CCCC4)c2C)ccc1I. The molecule has 2 aromatic heterocycles. The van der Waals surface area contributed by atoms with Crippen molar-refractivity contribution in [3.63, 3.8) is 0 Å². The van der Waals surface area contributed by atoms with Crippen LogP contribution in [0.25, 0.3) is 5.00 Å². The highest BCUT2D eigenvalue weighted by Gasteiger charge is 2.27. The number of nitrogens with zero attached hydrogens (tertiary/aromatic N) is 2. The van der Waals surface area contributed by atoms with Gasteiger partial charge in [0.2, 0.25) is 0 Å². The fourth-order valence-electron chi connectivity index (χ4n) is 4.01. The maximum atomic E-state index is 12.1. The minimum atomic E-state index is -0.823. The van der Waals surface area contributed by atoms with Gasteiger partial charge >= 0.3 is 5.97 Å². The Kier molecular flexibility index (Phi) is 5.66. The first-order valence-electron chi connectivity index (χ1n) is 9.74. The molecule has 29 heavy (non-hydrogen) atoms. The van der Waals surface area contributed by atoms with Crippen LogP contribution in [-0.2, 0) is 12.8 Å². The molecule has 3 aromatic rings. The van der Waals surface area contributed by atoms with Crippen LogP contribution >= 0.6 is 33.9 Å². The Bertz CT molecular complexity index is 1140. The smallest absolute Gasteiger partial charge is 0.339 e. The molecule has 0 saturated carbocycles. The first-order chi connectivity index (χ1) is 13.9. The van der Waals surface area contributed by atoms with Crippen molar-refractivity contribution in [3.8, 4) is 5.00 Å². The second-order valence-electron chi connectivity index (χ2n) is 7.55. The molecule has 0 spiro atoms. The molecule has 0 amide bonds. The van der Waals surface area contributed by atoms with Crippen molar-refractivity contribution < 1.29 is 9.90 Å². The highest BCUT2D eigenvalue weighted by molar-refractivity contribution is 14.1. The third-order valence-electron chi connectivity index (χ3n) is 5.53. The molecule has 0 unspecified atom stereocenters. The van der Waals surface area contributed by atoms with Gasteiger partial charge in [0.05, 0.1) is 11.3 Å². The van der Waals surface area contributed by atoms with Crippen molar-refractivity contribution >= 4 is 51.8 Å². The Labute approximate surface area is 188 Å². The van der Waals surface area contributed by atoms with Crippen molar-refractivity contribution in [3.05, 3.63) is 66.4 Å². The van der Waals surface area contributed by atoms with E-state index in [1.165, 1.54) is 14.0 Å². The summed E-state index contributed by atoms with van der Waals surface area (Å²) in [5, 5.41) is 10.8. The Morgan fingerprint density at radius 1 is 1.21 bits per heavy atom. The number of carboxylic acids is 1. The van der Waals surface area contributed by atoms with Gasteiger partial charge in [-0.05, 0) is 104 Å². The number of carbonyl (C=O) groups is 1. The molecule has 0 atom stereocenters. The van der Waals surface area contributed by atoms with E-state index in [4.69, 9.17) is 0 Å². The lowest BCUT2D eigenvalue weighted by atomic mass is 9.95. The monoisotopic (exact) mass is 518 g/mol. The average Bonchev–Trinajstić information content (AvgIpc) is 3.19. The summed E-state index contributed by atoms with van der Waals surface area (Å²) in [6, 6.07) is 8.25. The summed E-state index contributed by atoms with van der Waals surface area (Å²) in [6.07, 6.45) is 5.95. The van der Waals surface area contributed by atoms with Crippen LogP contribution in [0.3, 0.4) is 0 Å². The normalized spacial score (nSPS) is 13.8. The van der Waals surface area contributed by atoms with Crippen molar-refractivity contribution in [1.82, 2.24) is 4.57 Å². The maximum absolute atomic E-state index is 12.1. The van der Waals surface area contributed by atoms with E-state index in [-0.39, 0.29) is 0 Å². The highest BCUT2D eigenvalue weighted by atomic mass is 127. The molecular weight excluding hydrogens is 495 g/mol. The molecule has 1 aliphatic rings. The lowest BCUT2D eigenvalue weighted by Gasteiger charge is -2.11. The van der Waals surface area contributed by atoms with Gasteiger partial charge in [0.1, 0.15) is 5.00 Å². The topological polar surface area (TPSA) is 54.6 Å². The summed E-state index contributed by atoms with van der Waals surface area (Å²) in [6.45, 7) is 6.15. The number of aliphatic imine (C=N–C) groups is 1. The van der Waals surface area contributed by atoms with Crippen molar-refractivity contribution in [2.24, 2.45) is 4.99 Å². The summed E-state index contributed by atoms with van der Waals surface area (Å²) in [7, 11) is 0. The van der Waals surface area contributed by atoms with Gasteiger partial charge in [0.15, 0.2) is 0 Å². The van der Waals surface area contributed by atoms with Gasteiger partial charge in [-0.3, -0.25) is 4.99 Å². The fourth-order valence-corrected chi connectivity index (χ4v) is 5.84. The van der Waals surface area contributed by atoms with E-state index in [0.717, 1.165) is 58.9 Å². The van der Waals surface area contributed by atoms with Gasteiger partial charge in [-0.1, -0.05) is 0 Å². The minimum absolute atomic E-state index is 0.489. The van der Waals surface area contributed by atoms with E-state index in [1.54, 1.807) is 11.3 Å². The molecule has 1 N–H and O–H groups in total. The fraction of sp³-hybridized carbons (Fsp3) is 0.304. The molecule has 2 heterocycles. The van der Waals surface area contributed by atoms with Crippen LogP contribution in [0.4, 0.5) is 5.69 Å². The number of aromatic carboxylic acids is 1. The number of carboxylic acid groups (broad SMARTS) is 1. The maximum Gasteiger partial charge on any atom is 0.339 e. The molecule has 0 aliphatic heterocycles. The largest absolute Gasteiger partial charge is 0.478 e. The summed E-state index contributed by atoms with van der Waals surface area (Å²) in [4.78, 5) is 18.0. The molecular formula is C23H23IN2O2S. The van der Waals surface area contributed by atoms with E-state index in [9.17, 15) is 9.90 Å². The van der Waals surface area contributed by atoms with Crippen LogP contribution in [0.5, 0.6) is 0 Å². The van der Waals surface area contributed by atoms with Crippen LogP contribution in [0, 0.1) is 24.3 Å². The van der Waals surface area contributed by atoms with Crippen LogP contribution < -0.4 is 0 Å². The van der Waals surface area contributed by atoms with E-state index in [1.807, 2.05) is 26.1 Å². The number of benzene rings is 1. The van der Waals surface area contributed by atoms with E-state index >= 15 is 0 Å². The molecule has 0 fully saturated rings. The standard InChI is InChI=1S/C23H23IN2O2S/c1-13-10-17(8-9-19(13)24)25-12-16-11-14(2)26(15(16)3)22-21(23(27)28)18-6-4-5-7-20(18)29-22/h8-12H,4-7H2,1-3H3,(H,27,28). The Hall–Kier alpha value is -1.93. The van der Waals surface area contributed by atoms with Gasteiger partial charge in [-0.2, -0.15) is 0 Å². The number of aryl methyl sites for hydroxylation is 3. The molecule has 1 aromatic carbocycles. The number of hydrogen-bond acceptors (Lipinski definition) is 3. The van der Waals surface area contributed by atoms with Crippen LogP contribution in [0.2, 0.25) is 0 Å². The summed E-state index contributed by atoms with van der Waals surface area (Å²) < 4.78 is 3.31. The summed E-state index contributed by atoms with van der Waals surface area (Å²) in [5.74, 6) is -0.823. The Morgan fingerprint density at radius 3 is 2.69 bits per heavy atom. The number of aromatic nitrogens is 1. The second-order valence-corrected chi connectivity index (χ2v) is 9.80. The average molecular weight is 518 g/mol. The first-order valence-corrected chi connectivity index (χ1v) is 11.6. The number of rotatable bonds is 4. The van der Waals surface area contributed by atoms with Crippen LogP contribution in [-0.4, -0.2) is 21.9 Å². The number of thiophene rings is 1. The highest BCUT2D eigenvalue weighted by Crippen LogP contribution is 2.38. The Balaban J connectivity index is 1.77. The zero-order chi connectivity index (χ0) is 20.7. The number of halogens is 1. The molecule has 6 heteroatoms. The van der Waals surface area contributed by atoms with Gasteiger partial charge < -0.3 is 9.67 Å². The Morgan fingerprint density at radius 2 is 1.97 bits per heavy atom. The third kappa shape index (κ3) is 3.80. The predicted molar refractivity (Wildman–Crippen MR) is 128 cm³/mol. The first kappa shape index (κ1) is 20.3. The number of fused-ring (bicyclic) bond motifs is 1. The molecule has 4 rings (SSSR count). The van der Waals surface area contributed by atoms with E-state index < -0.39 is 5.97 Å². The van der Waals surface area contributed by atoms with E-state index in [2.05, 4.69) is 57.3 Å². The molecule has 4 nitrogen and oxygen atoms in total. The molecule has 150 valence electrons. The quantitative estimate of drug-likeness (QED) is 0.321. The third-order valence-corrected chi connectivity index (χ3v) is 8.02. The van der Waals surface area contributed by atoms with Crippen LogP contribution in [0.15, 0.2) is 29.3 Å². The summed E-state index contributed by atoms with van der Waals surface area (Å²) in [5.41, 5.74) is 6.73. The van der Waals surface area contributed by atoms with Crippen molar-refractivity contribution in [1.29, 1.82) is 0 Å². The molecule has 0 bridgehead atoms. The lowest BCUT2D eigenvalue weighted by Crippen LogP contribution is -2.09. The van der Waals surface area contributed by atoms with Gasteiger partial charge in [0, 0.05) is 31.6 Å². The van der Waals surface area contributed by atoms with Gasteiger partial charge in [-0.25, -0.2) is 4.79 Å². The summed E-state index contributed by atoms with van der Waals surface area (Å²) >= 11 is 3.96. The molecule has 0 radical (unpaired) electrons. The zero-order valence-electron chi connectivity index (χ0n) is 16.8. The minimum Gasteiger partial charge on any atom is -0.478 e. The zero-order valence-corrected chi connectivity index (χ0v) is 19.7. The van der Waals surface area contributed by atoms with Crippen LogP contribution in [0.1, 0.15) is 56.2 Å². The molecule has 0 saturated heterocycles. The second kappa shape index (κ2) is 8.07. The lowest BCUT2D eigenvalue weighted by molar-refractivity contribution is 0.0696.